The first-order valence-corrected chi connectivity index (χ1v) is 8.75. The fourth-order valence-electron chi connectivity index (χ4n) is 5.03. The fourth-order valence-corrected chi connectivity index (χ4v) is 5.03. The lowest BCUT2D eigenvalue weighted by molar-refractivity contribution is -0.128. The van der Waals surface area contributed by atoms with Crippen LogP contribution in [0.15, 0.2) is 0 Å². The molecule has 0 aromatic rings. The second kappa shape index (κ2) is 7.32. The number of hydrogen-bond acceptors (Lipinski definition) is 2. The Morgan fingerprint density at radius 3 is 2.33 bits per heavy atom. The van der Waals surface area contributed by atoms with Gasteiger partial charge in [0, 0.05) is 12.1 Å². The summed E-state index contributed by atoms with van der Waals surface area (Å²) in [5, 5.41) is 3.32. The summed E-state index contributed by atoms with van der Waals surface area (Å²) in [5.41, 5.74) is 6.27. The molecule has 21 heavy (non-hydrogen) atoms. The largest absolute Gasteiger partial charge is 0.353 e. The molecule has 0 aromatic carbocycles. The zero-order valence-corrected chi connectivity index (χ0v) is 14.0. The van der Waals surface area contributed by atoms with E-state index in [-0.39, 0.29) is 30.3 Å². The topological polar surface area (TPSA) is 55.1 Å². The van der Waals surface area contributed by atoms with E-state index in [1.54, 1.807) is 0 Å². The summed E-state index contributed by atoms with van der Waals surface area (Å²) in [4.78, 5) is 12.5. The fraction of sp³-hybridized carbons (Fsp3) is 0.941. The number of nitrogens with one attached hydrogen (secondary N) is 1. The van der Waals surface area contributed by atoms with Crippen LogP contribution < -0.4 is 11.1 Å². The molecule has 3 saturated carbocycles. The summed E-state index contributed by atoms with van der Waals surface area (Å²) in [7, 11) is 0. The van der Waals surface area contributed by atoms with Crippen molar-refractivity contribution in [3.05, 3.63) is 0 Å². The molecule has 2 bridgehead atoms. The Bertz CT molecular complexity index is 353. The van der Waals surface area contributed by atoms with Crippen molar-refractivity contribution in [1.82, 2.24) is 5.32 Å². The molecule has 3 fully saturated rings. The van der Waals surface area contributed by atoms with Gasteiger partial charge in [-0.15, -0.1) is 12.4 Å². The number of halogens is 1. The van der Waals surface area contributed by atoms with Gasteiger partial charge >= 0.3 is 0 Å². The van der Waals surface area contributed by atoms with Gasteiger partial charge in [-0.1, -0.05) is 19.8 Å². The predicted octanol–water partition coefficient (Wildman–Crippen LogP) is 3.26. The number of amides is 1. The Balaban J connectivity index is 0.00000161. The molecule has 0 aromatic heterocycles. The molecule has 0 aliphatic heterocycles. The summed E-state index contributed by atoms with van der Waals surface area (Å²) >= 11 is 0. The summed E-state index contributed by atoms with van der Waals surface area (Å²) in [5.74, 6) is 2.48. The molecule has 0 heterocycles. The summed E-state index contributed by atoms with van der Waals surface area (Å²) in [6.45, 7) is 2.27. The smallest absolute Gasteiger partial charge is 0.225 e. The van der Waals surface area contributed by atoms with E-state index in [0.717, 1.165) is 5.92 Å². The van der Waals surface area contributed by atoms with Gasteiger partial charge in [0.15, 0.2) is 0 Å². The van der Waals surface area contributed by atoms with Crippen LogP contribution in [0.25, 0.3) is 0 Å². The lowest BCUT2D eigenvalue weighted by Gasteiger charge is -2.32. The lowest BCUT2D eigenvalue weighted by atomic mass is 9.82. The molecule has 4 atom stereocenters. The zero-order valence-electron chi connectivity index (χ0n) is 13.2. The molecule has 3 nitrogen and oxygen atoms in total. The van der Waals surface area contributed by atoms with Crippen LogP contribution in [0.2, 0.25) is 0 Å². The van der Waals surface area contributed by atoms with E-state index in [1.165, 1.54) is 57.8 Å². The van der Waals surface area contributed by atoms with Crippen molar-refractivity contribution < 1.29 is 4.79 Å². The number of hydrogen-bond donors (Lipinski definition) is 2. The van der Waals surface area contributed by atoms with Crippen molar-refractivity contribution in [3.8, 4) is 0 Å². The normalized spacial score (nSPS) is 41.6. The third-order valence-electron chi connectivity index (χ3n) is 6.17. The Morgan fingerprint density at radius 1 is 1.10 bits per heavy atom. The molecular weight excluding hydrogens is 284 g/mol. The van der Waals surface area contributed by atoms with Gasteiger partial charge in [-0.05, 0) is 62.7 Å². The number of fused-ring (bicyclic) bond motifs is 2. The predicted molar refractivity (Wildman–Crippen MR) is 88.3 cm³/mol. The maximum absolute atomic E-state index is 12.5. The van der Waals surface area contributed by atoms with Gasteiger partial charge in [-0.3, -0.25) is 4.79 Å². The third-order valence-corrected chi connectivity index (χ3v) is 6.17. The van der Waals surface area contributed by atoms with E-state index in [2.05, 4.69) is 12.2 Å². The van der Waals surface area contributed by atoms with Crippen molar-refractivity contribution in [1.29, 1.82) is 0 Å². The van der Waals surface area contributed by atoms with E-state index >= 15 is 0 Å². The molecule has 122 valence electrons. The molecule has 3 aliphatic carbocycles. The highest BCUT2D eigenvalue weighted by atomic mass is 35.5. The lowest BCUT2D eigenvalue weighted by Crippen LogP contribution is -2.48. The molecule has 4 unspecified atom stereocenters. The quantitative estimate of drug-likeness (QED) is 0.837. The maximum Gasteiger partial charge on any atom is 0.225 e. The number of carbonyl (C=O) groups excluding carboxylic acids is 1. The molecule has 3 aliphatic rings. The SMILES string of the molecule is CCCC1CCC(NC(=O)C2C3CCC(C3)C2N)CC1.Cl. The summed E-state index contributed by atoms with van der Waals surface area (Å²) in [6, 6.07) is 0.548. The minimum Gasteiger partial charge on any atom is -0.353 e. The average Bonchev–Trinajstić information content (AvgIpc) is 3.02. The number of rotatable bonds is 4. The van der Waals surface area contributed by atoms with Crippen LogP contribution >= 0.6 is 12.4 Å². The van der Waals surface area contributed by atoms with Crippen LogP contribution in [0.4, 0.5) is 0 Å². The zero-order chi connectivity index (χ0) is 14.1. The van der Waals surface area contributed by atoms with Crippen LogP contribution in [-0.2, 0) is 4.79 Å². The second-order valence-corrected chi connectivity index (χ2v) is 7.45. The maximum atomic E-state index is 12.5. The van der Waals surface area contributed by atoms with Gasteiger partial charge in [0.05, 0.1) is 5.92 Å². The molecule has 4 heteroatoms. The molecular formula is C17H31ClN2O. The standard InChI is InChI=1S/C17H30N2O.ClH/c1-2-3-11-4-8-14(9-5-11)19-17(20)15-12-6-7-13(10-12)16(15)18;/h11-16H,2-10,18H2,1H3,(H,19,20);1H. The van der Waals surface area contributed by atoms with Crippen LogP contribution in [0.5, 0.6) is 0 Å². The third kappa shape index (κ3) is 3.56. The van der Waals surface area contributed by atoms with E-state index < -0.39 is 0 Å². The van der Waals surface area contributed by atoms with Gasteiger partial charge in [-0.25, -0.2) is 0 Å². The van der Waals surface area contributed by atoms with Gasteiger partial charge in [0.2, 0.25) is 5.91 Å². The van der Waals surface area contributed by atoms with Crippen LogP contribution in [0.3, 0.4) is 0 Å². The van der Waals surface area contributed by atoms with Crippen LogP contribution in [0.1, 0.15) is 64.7 Å². The highest BCUT2D eigenvalue weighted by Gasteiger charge is 2.49. The van der Waals surface area contributed by atoms with Gasteiger partial charge in [-0.2, -0.15) is 0 Å². The first-order valence-electron chi connectivity index (χ1n) is 8.75. The molecule has 0 saturated heterocycles. The number of nitrogens with two attached hydrogens (primary N) is 1. The van der Waals surface area contributed by atoms with E-state index in [0.29, 0.717) is 17.9 Å². The highest BCUT2D eigenvalue weighted by Crippen LogP contribution is 2.47. The molecule has 1 amide bonds. The minimum atomic E-state index is 0. The van der Waals surface area contributed by atoms with Crippen molar-refractivity contribution in [2.75, 3.05) is 0 Å². The van der Waals surface area contributed by atoms with E-state index in [9.17, 15) is 4.79 Å². The van der Waals surface area contributed by atoms with Crippen molar-refractivity contribution >= 4 is 18.3 Å². The molecule has 0 radical (unpaired) electrons. The number of carbonyl (C=O) groups is 1. The monoisotopic (exact) mass is 314 g/mol. The Kier molecular flexibility index (Phi) is 5.96. The van der Waals surface area contributed by atoms with Crippen molar-refractivity contribution in [3.63, 3.8) is 0 Å². The first-order chi connectivity index (χ1) is 9.69. The van der Waals surface area contributed by atoms with Crippen molar-refractivity contribution in [2.24, 2.45) is 29.4 Å². The molecule has 3 N–H and O–H groups in total. The van der Waals surface area contributed by atoms with Gasteiger partial charge in [0.25, 0.3) is 0 Å². The Labute approximate surface area is 135 Å². The van der Waals surface area contributed by atoms with Crippen molar-refractivity contribution in [2.45, 2.75) is 76.8 Å². The van der Waals surface area contributed by atoms with Crippen LogP contribution in [-0.4, -0.2) is 18.0 Å². The Morgan fingerprint density at radius 2 is 1.76 bits per heavy atom. The summed E-state index contributed by atoms with van der Waals surface area (Å²) in [6.07, 6.45) is 11.3. The van der Waals surface area contributed by atoms with E-state index in [4.69, 9.17) is 5.73 Å². The molecule has 3 rings (SSSR count). The van der Waals surface area contributed by atoms with Gasteiger partial charge in [0.1, 0.15) is 0 Å². The summed E-state index contributed by atoms with van der Waals surface area (Å²) < 4.78 is 0. The van der Waals surface area contributed by atoms with E-state index in [1.807, 2.05) is 0 Å². The average molecular weight is 315 g/mol. The first kappa shape index (κ1) is 17.1. The highest BCUT2D eigenvalue weighted by molar-refractivity contribution is 5.85. The minimum absolute atomic E-state index is 0. The second-order valence-electron chi connectivity index (χ2n) is 7.45. The van der Waals surface area contributed by atoms with Gasteiger partial charge < -0.3 is 11.1 Å². The molecule has 0 spiro atoms. The van der Waals surface area contributed by atoms with Crippen LogP contribution in [0, 0.1) is 23.7 Å². The Hall–Kier alpha value is -0.280.